The molecule has 7 nitrogen and oxygen atoms in total. The molecular formula is C28H20BrN5O2. The van der Waals surface area contributed by atoms with Crippen molar-refractivity contribution >= 4 is 50.4 Å². The molecule has 1 heterocycles. The summed E-state index contributed by atoms with van der Waals surface area (Å²) < 4.78 is 2.70. The Bertz CT molecular complexity index is 1570. The highest BCUT2D eigenvalue weighted by molar-refractivity contribution is 9.10. The molecule has 0 aliphatic rings. The third-order valence-electron chi connectivity index (χ3n) is 5.49. The molecule has 1 aromatic heterocycles. The fourth-order valence-electron chi connectivity index (χ4n) is 3.75. The van der Waals surface area contributed by atoms with Crippen LogP contribution in [0.15, 0.2) is 113 Å². The summed E-state index contributed by atoms with van der Waals surface area (Å²) in [4.78, 5) is 24.9. The quantitative estimate of drug-likeness (QED) is 0.175. The largest absolute Gasteiger partial charge is 0.329 e. The average Bonchev–Trinajstić information content (AvgIpc) is 3.34. The van der Waals surface area contributed by atoms with Crippen LogP contribution in [0.2, 0.25) is 0 Å². The van der Waals surface area contributed by atoms with Gasteiger partial charge in [-0.15, -0.1) is 0 Å². The molecule has 0 unspecified atom stereocenters. The molecule has 0 radical (unpaired) electrons. The van der Waals surface area contributed by atoms with Gasteiger partial charge in [-0.3, -0.25) is 9.59 Å². The molecule has 5 rings (SSSR count). The third-order valence-corrected chi connectivity index (χ3v) is 6.02. The smallest absolute Gasteiger partial charge is 0.317 e. The van der Waals surface area contributed by atoms with Crippen molar-refractivity contribution in [3.05, 3.63) is 113 Å². The molecule has 2 amide bonds. The Morgan fingerprint density at radius 2 is 1.56 bits per heavy atom. The number of carbonyl (C=O) groups is 2. The molecule has 0 spiro atoms. The van der Waals surface area contributed by atoms with E-state index in [-0.39, 0.29) is 0 Å². The van der Waals surface area contributed by atoms with Crippen molar-refractivity contribution in [2.24, 2.45) is 5.10 Å². The van der Waals surface area contributed by atoms with Gasteiger partial charge in [0.25, 0.3) is 0 Å². The van der Waals surface area contributed by atoms with Crippen LogP contribution in [0.4, 0.5) is 5.69 Å². The first-order valence-electron chi connectivity index (χ1n) is 11.1. The van der Waals surface area contributed by atoms with Crippen molar-refractivity contribution in [2.75, 3.05) is 5.32 Å². The average molecular weight is 538 g/mol. The third kappa shape index (κ3) is 5.08. The van der Waals surface area contributed by atoms with E-state index in [1.54, 1.807) is 10.7 Å². The topological polar surface area (TPSA) is 88.4 Å². The number of hydrogen-bond acceptors (Lipinski definition) is 4. The molecule has 0 aliphatic carbocycles. The second-order valence-corrected chi connectivity index (χ2v) is 8.82. The van der Waals surface area contributed by atoms with Crippen molar-refractivity contribution < 1.29 is 9.59 Å². The molecule has 0 saturated heterocycles. The lowest BCUT2D eigenvalue weighted by molar-refractivity contribution is -0.136. The maximum absolute atomic E-state index is 12.5. The zero-order valence-electron chi connectivity index (χ0n) is 18.9. The molecule has 0 fully saturated rings. The van der Waals surface area contributed by atoms with Gasteiger partial charge in [0.15, 0.2) is 0 Å². The summed E-state index contributed by atoms with van der Waals surface area (Å²) in [6.07, 6.45) is 3.30. The van der Waals surface area contributed by atoms with Crippen molar-refractivity contribution in [1.29, 1.82) is 0 Å². The van der Waals surface area contributed by atoms with Crippen molar-refractivity contribution in [1.82, 2.24) is 15.2 Å². The van der Waals surface area contributed by atoms with Gasteiger partial charge in [0.1, 0.15) is 5.69 Å². The number of rotatable bonds is 5. The number of nitrogens with zero attached hydrogens (tertiary/aromatic N) is 3. The minimum atomic E-state index is -0.875. The van der Waals surface area contributed by atoms with Gasteiger partial charge in [-0.1, -0.05) is 82.7 Å². The van der Waals surface area contributed by atoms with E-state index in [1.165, 1.54) is 6.21 Å². The van der Waals surface area contributed by atoms with E-state index in [1.807, 2.05) is 97.2 Å². The van der Waals surface area contributed by atoms with Gasteiger partial charge in [0.2, 0.25) is 0 Å². The van der Waals surface area contributed by atoms with Crippen LogP contribution in [0.3, 0.4) is 0 Å². The number of anilines is 1. The van der Waals surface area contributed by atoms with Crippen LogP contribution in [0.1, 0.15) is 5.56 Å². The second-order valence-electron chi connectivity index (χ2n) is 7.90. The fourth-order valence-corrected chi connectivity index (χ4v) is 4.02. The van der Waals surface area contributed by atoms with Gasteiger partial charge in [-0.05, 0) is 35.7 Å². The summed E-state index contributed by atoms with van der Waals surface area (Å²) in [5, 5.41) is 13.2. The van der Waals surface area contributed by atoms with E-state index in [0.717, 1.165) is 26.5 Å². The van der Waals surface area contributed by atoms with Crippen LogP contribution in [0.25, 0.3) is 27.7 Å². The van der Waals surface area contributed by atoms with Gasteiger partial charge < -0.3 is 5.32 Å². The van der Waals surface area contributed by atoms with E-state index in [0.29, 0.717) is 16.9 Å². The van der Waals surface area contributed by atoms with Gasteiger partial charge in [0, 0.05) is 32.9 Å². The first-order chi connectivity index (χ1) is 17.6. The Hall–Kier alpha value is -4.56. The summed E-state index contributed by atoms with van der Waals surface area (Å²) in [6, 6.07) is 30.5. The normalized spacial score (nSPS) is 11.0. The highest BCUT2D eigenvalue weighted by Gasteiger charge is 2.15. The Morgan fingerprint density at radius 3 is 2.36 bits per heavy atom. The van der Waals surface area contributed by atoms with E-state index in [9.17, 15) is 9.59 Å². The van der Waals surface area contributed by atoms with Crippen LogP contribution in [-0.4, -0.2) is 27.8 Å². The molecule has 5 aromatic rings. The lowest BCUT2D eigenvalue weighted by Crippen LogP contribution is -2.32. The first kappa shape index (κ1) is 23.2. The highest BCUT2D eigenvalue weighted by Crippen LogP contribution is 2.25. The number of hydrazone groups is 1. The van der Waals surface area contributed by atoms with Crippen LogP contribution < -0.4 is 10.7 Å². The lowest BCUT2D eigenvalue weighted by Gasteiger charge is -2.07. The van der Waals surface area contributed by atoms with E-state index in [4.69, 9.17) is 5.10 Å². The summed E-state index contributed by atoms with van der Waals surface area (Å²) in [5.41, 5.74) is 5.99. The molecular weight excluding hydrogens is 518 g/mol. The summed E-state index contributed by atoms with van der Waals surface area (Å²) in [7, 11) is 0. The number of aromatic nitrogens is 2. The number of para-hydroxylation sites is 1. The predicted octanol–water partition coefficient (Wildman–Crippen LogP) is 5.54. The Morgan fingerprint density at radius 1 is 0.833 bits per heavy atom. The number of benzene rings is 4. The molecule has 0 saturated carbocycles. The number of halogens is 1. The lowest BCUT2D eigenvalue weighted by atomic mass is 10.1. The zero-order chi connectivity index (χ0) is 24.9. The molecule has 4 aromatic carbocycles. The molecule has 0 aliphatic heterocycles. The maximum Gasteiger partial charge on any atom is 0.329 e. The SMILES string of the molecule is O=C(N/N=C\c1cn(-c2ccccc2)nc1-c1ccc(Br)cc1)C(=O)Nc1cccc2ccccc12. The Kier molecular flexibility index (Phi) is 6.68. The summed E-state index contributed by atoms with van der Waals surface area (Å²) in [6.45, 7) is 0. The molecule has 0 bridgehead atoms. The van der Waals surface area contributed by atoms with Crippen LogP contribution in [0, 0.1) is 0 Å². The van der Waals surface area contributed by atoms with Crippen LogP contribution in [-0.2, 0) is 9.59 Å². The summed E-state index contributed by atoms with van der Waals surface area (Å²) >= 11 is 3.45. The second kappa shape index (κ2) is 10.4. The monoisotopic (exact) mass is 537 g/mol. The van der Waals surface area contributed by atoms with Crippen molar-refractivity contribution in [3.63, 3.8) is 0 Å². The van der Waals surface area contributed by atoms with E-state index >= 15 is 0 Å². The van der Waals surface area contributed by atoms with Gasteiger partial charge in [-0.2, -0.15) is 10.2 Å². The van der Waals surface area contributed by atoms with Crippen molar-refractivity contribution in [2.45, 2.75) is 0 Å². The van der Waals surface area contributed by atoms with Crippen LogP contribution >= 0.6 is 15.9 Å². The standard InChI is InChI=1S/C28H20BrN5O2/c29-22-15-13-20(14-16-22)26-21(18-34(33-26)23-9-2-1-3-10-23)17-30-32-28(36)27(35)31-25-12-6-8-19-7-4-5-11-24(19)25/h1-18H,(H,31,35)(H,32,36)/b30-17-. The molecule has 36 heavy (non-hydrogen) atoms. The zero-order valence-corrected chi connectivity index (χ0v) is 20.5. The number of fused-ring (bicyclic) bond motifs is 1. The highest BCUT2D eigenvalue weighted by atomic mass is 79.9. The number of carbonyl (C=O) groups excluding carboxylic acids is 2. The minimum Gasteiger partial charge on any atom is -0.317 e. The number of nitrogens with one attached hydrogen (secondary N) is 2. The predicted molar refractivity (Wildman–Crippen MR) is 145 cm³/mol. The Balaban J connectivity index is 1.35. The van der Waals surface area contributed by atoms with Crippen molar-refractivity contribution in [3.8, 4) is 16.9 Å². The van der Waals surface area contributed by atoms with Crippen LogP contribution in [0.5, 0.6) is 0 Å². The molecule has 8 heteroatoms. The first-order valence-corrected chi connectivity index (χ1v) is 11.9. The van der Waals surface area contributed by atoms with E-state index in [2.05, 4.69) is 31.8 Å². The van der Waals surface area contributed by atoms with Gasteiger partial charge in [0.05, 0.1) is 11.9 Å². The molecule has 176 valence electrons. The minimum absolute atomic E-state index is 0.555. The van der Waals surface area contributed by atoms with Gasteiger partial charge >= 0.3 is 11.8 Å². The Labute approximate surface area is 215 Å². The maximum atomic E-state index is 12.5. The molecule has 0 atom stereocenters. The molecule has 2 N–H and O–H groups in total. The van der Waals surface area contributed by atoms with Gasteiger partial charge in [-0.25, -0.2) is 10.1 Å². The fraction of sp³-hybridized carbons (Fsp3) is 0. The summed E-state index contributed by atoms with van der Waals surface area (Å²) in [5.74, 6) is -1.68. The number of hydrogen-bond donors (Lipinski definition) is 2. The number of amides is 2. The van der Waals surface area contributed by atoms with E-state index < -0.39 is 11.8 Å².